The minimum atomic E-state index is -0.330. The minimum absolute atomic E-state index is 0.0575. The van der Waals surface area contributed by atoms with E-state index in [-0.39, 0.29) is 17.3 Å². The van der Waals surface area contributed by atoms with E-state index in [4.69, 9.17) is 4.98 Å². The first kappa shape index (κ1) is 19.2. The summed E-state index contributed by atoms with van der Waals surface area (Å²) in [5, 5.41) is 0. The summed E-state index contributed by atoms with van der Waals surface area (Å²) in [5.41, 5.74) is 8.29. The first-order valence-corrected chi connectivity index (χ1v) is 11.4. The molecule has 1 spiro atoms. The van der Waals surface area contributed by atoms with Crippen molar-refractivity contribution in [3.05, 3.63) is 125 Å². The van der Waals surface area contributed by atoms with Gasteiger partial charge in [-0.2, -0.15) is 0 Å². The van der Waals surface area contributed by atoms with E-state index in [9.17, 15) is 4.79 Å². The second-order valence-corrected chi connectivity index (χ2v) is 9.16. The Morgan fingerprint density at radius 2 is 1.28 bits per heavy atom. The molecule has 0 radical (unpaired) electrons. The number of ketones is 1. The number of carbonyl (C=O) groups is 1. The molecule has 2 aliphatic carbocycles. The third kappa shape index (κ3) is 2.65. The van der Waals surface area contributed by atoms with Crippen LogP contribution in [0.1, 0.15) is 52.6 Å². The highest BCUT2D eigenvalue weighted by Gasteiger charge is 2.57. The maximum atomic E-state index is 13.2. The number of pyridine rings is 1. The molecule has 1 aromatic heterocycles. The van der Waals surface area contributed by atoms with E-state index in [1.165, 1.54) is 33.4 Å². The van der Waals surface area contributed by atoms with Gasteiger partial charge in [-0.05, 0) is 46.4 Å². The lowest BCUT2D eigenvalue weighted by Gasteiger charge is -2.49. The molecule has 0 aliphatic heterocycles. The number of hydrogen-bond donors (Lipinski definition) is 0. The van der Waals surface area contributed by atoms with Gasteiger partial charge < -0.3 is 0 Å². The van der Waals surface area contributed by atoms with E-state index < -0.39 is 0 Å². The van der Waals surface area contributed by atoms with Crippen LogP contribution in [0.2, 0.25) is 0 Å². The van der Waals surface area contributed by atoms with Gasteiger partial charge in [-0.15, -0.1) is 0 Å². The zero-order chi connectivity index (χ0) is 21.7. The minimum Gasteiger partial charge on any atom is -0.300 e. The van der Waals surface area contributed by atoms with Crippen molar-refractivity contribution in [3.8, 4) is 11.1 Å². The van der Waals surface area contributed by atoms with E-state index in [2.05, 4.69) is 104 Å². The van der Waals surface area contributed by atoms with Crippen LogP contribution in [0.5, 0.6) is 0 Å². The molecule has 2 heteroatoms. The van der Waals surface area contributed by atoms with Crippen molar-refractivity contribution >= 4 is 5.78 Å². The van der Waals surface area contributed by atoms with Gasteiger partial charge in [0.2, 0.25) is 0 Å². The molecule has 156 valence electrons. The summed E-state index contributed by atoms with van der Waals surface area (Å²) in [6, 6.07) is 32.3. The first-order valence-electron chi connectivity index (χ1n) is 11.4. The number of carbonyl (C=O) groups excluding carboxylic acids is 1. The molecular formula is C30H25NO. The number of aryl methyl sites for hydroxylation is 1. The summed E-state index contributed by atoms with van der Waals surface area (Å²) in [5.74, 6) is 0.452. The lowest BCUT2D eigenvalue weighted by atomic mass is 9.52. The summed E-state index contributed by atoms with van der Waals surface area (Å²) in [6.45, 7) is 2.06. The number of aromatic nitrogens is 1. The molecule has 2 aliphatic rings. The van der Waals surface area contributed by atoms with E-state index in [1.807, 2.05) is 0 Å². The molecule has 1 heterocycles. The molecule has 1 saturated carbocycles. The van der Waals surface area contributed by atoms with Crippen molar-refractivity contribution in [2.45, 2.75) is 37.0 Å². The van der Waals surface area contributed by atoms with Crippen LogP contribution in [-0.4, -0.2) is 10.8 Å². The number of hydrogen-bond acceptors (Lipinski definition) is 2. The van der Waals surface area contributed by atoms with Crippen LogP contribution < -0.4 is 0 Å². The Labute approximate surface area is 189 Å². The molecule has 0 saturated heterocycles. The summed E-state index contributed by atoms with van der Waals surface area (Å²) in [6.07, 6.45) is 3.19. The highest BCUT2D eigenvalue weighted by molar-refractivity contribution is 5.88. The van der Waals surface area contributed by atoms with Crippen molar-refractivity contribution in [1.29, 1.82) is 0 Å². The predicted octanol–water partition coefficient (Wildman–Crippen LogP) is 6.59. The van der Waals surface area contributed by atoms with Gasteiger partial charge in [0.25, 0.3) is 0 Å². The molecule has 2 nitrogen and oxygen atoms in total. The molecule has 0 amide bonds. The highest BCUT2D eigenvalue weighted by atomic mass is 16.1. The van der Waals surface area contributed by atoms with Gasteiger partial charge in [-0.25, -0.2) is 0 Å². The van der Waals surface area contributed by atoms with Gasteiger partial charge in [0, 0.05) is 42.0 Å². The first-order chi connectivity index (χ1) is 15.7. The van der Waals surface area contributed by atoms with E-state index in [1.54, 1.807) is 0 Å². The number of Topliss-reactive ketones (excluding diaryl/α,β-unsaturated/α-hetero) is 1. The summed E-state index contributed by atoms with van der Waals surface area (Å²) in [7, 11) is 0. The monoisotopic (exact) mass is 415 g/mol. The van der Waals surface area contributed by atoms with Crippen LogP contribution in [0, 0.1) is 6.92 Å². The molecule has 2 atom stereocenters. The van der Waals surface area contributed by atoms with Crippen LogP contribution >= 0.6 is 0 Å². The van der Waals surface area contributed by atoms with Crippen molar-refractivity contribution < 1.29 is 4.79 Å². The van der Waals surface area contributed by atoms with Crippen LogP contribution in [-0.2, 0) is 10.2 Å². The van der Waals surface area contributed by atoms with Gasteiger partial charge >= 0.3 is 0 Å². The summed E-state index contributed by atoms with van der Waals surface area (Å²) >= 11 is 0. The molecule has 32 heavy (non-hydrogen) atoms. The zero-order valence-electron chi connectivity index (χ0n) is 18.2. The van der Waals surface area contributed by atoms with Crippen molar-refractivity contribution in [2.24, 2.45) is 0 Å². The Kier molecular flexibility index (Phi) is 4.36. The molecule has 4 aromatic rings. The third-order valence-electron chi connectivity index (χ3n) is 7.52. The maximum Gasteiger partial charge on any atom is 0.134 e. The van der Waals surface area contributed by atoms with E-state index >= 15 is 0 Å². The topological polar surface area (TPSA) is 30.0 Å². The number of nitrogens with zero attached hydrogens (tertiary/aromatic N) is 1. The number of rotatable bonds is 2. The second kappa shape index (κ2) is 7.27. The Morgan fingerprint density at radius 3 is 1.91 bits per heavy atom. The van der Waals surface area contributed by atoms with Crippen LogP contribution in [0.4, 0.5) is 0 Å². The molecule has 0 bridgehead atoms. The van der Waals surface area contributed by atoms with E-state index in [0.29, 0.717) is 18.6 Å². The molecule has 1 fully saturated rings. The van der Waals surface area contributed by atoms with Crippen molar-refractivity contribution in [1.82, 2.24) is 4.98 Å². The fourth-order valence-corrected chi connectivity index (χ4v) is 6.32. The Morgan fingerprint density at radius 1 is 0.719 bits per heavy atom. The second-order valence-electron chi connectivity index (χ2n) is 9.16. The van der Waals surface area contributed by atoms with Gasteiger partial charge in [0.05, 0.1) is 0 Å². The lowest BCUT2D eigenvalue weighted by Crippen LogP contribution is -2.45. The predicted molar refractivity (Wildman–Crippen MR) is 128 cm³/mol. The summed E-state index contributed by atoms with van der Waals surface area (Å²) < 4.78 is 0. The molecule has 6 rings (SSSR count). The Balaban J connectivity index is 1.73. The van der Waals surface area contributed by atoms with Gasteiger partial charge in [0.1, 0.15) is 5.78 Å². The Bertz CT molecular complexity index is 1260. The SMILES string of the molecule is Cc1cc2c(cn1)C1(c3ccccc3-2)C(c2ccccc2)CC(=O)CC1c1ccccc1. The molecule has 0 N–H and O–H groups in total. The maximum absolute atomic E-state index is 13.2. The quantitative estimate of drug-likeness (QED) is 0.370. The standard InChI is InChI=1S/C30H25NO/c1-20-16-25-24-14-8-9-15-26(24)30(29(25)19-31-20)27(21-10-4-2-5-11-21)17-23(32)18-28(30)22-12-6-3-7-13-22/h2-16,19,27-28H,17-18H2,1H3. The van der Waals surface area contributed by atoms with Gasteiger partial charge in [0.15, 0.2) is 0 Å². The summed E-state index contributed by atoms with van der Waals surface area (Å²) in [4.78, 5) is 18.0. The number of fused-ring (bicyclic) bond motifs is 5. The van der Waals surface area contributed by atoms with Crippen molar-refractivity contribution in [2.75, 3.05) is 0 Å². The van der Waals surface area contributed by atoms with Crippen molar-refractivity contribution in [3.63, 3.8) is 0 Å². The van der Waals surface area contributed by atoms with E-state index in [0.717, 1.165) is 5.69 Å². The fraction of sp³-hybridized carbons (Fsp3) is 0.200. The Hall–Kier alpha value is -3.52. The van der Waals surface area contributed by atoms with Gasteiger partial charge in [-0.3, -0.25) is 9.78 Å². The normalized spacial score (nSPS) is 23.7. The van der Waals surface area contributed by atoms with Gasteiger partial charge in [-0.1, -0.05) is 84.9 Å². The van der Waals surface area contributed by atoms with Crippen LogP contribution in [0.15, 0.2) is 97.2 Å². The highest BCUT2D eigenvalue weighted by Crippen LogP contribution is 2.65. The smallest absolute Gasteiger partial charge is 0.134 e. The zero-order valence-corrected chi connectivity index (χ0v) is 18.2. The molecule has 3 aromatic carbocycles. The molecular weight excluding hydrogens is 390 g/mol. The number of benzene rings is 3. The average molecular weight is 416 g/mol. The lowest BCUT2D eigenvalue weighted by molar-refractivity contribution is -0.122. The van der Waals surface area contributed by atoms with Crippen LogP contribution in [0.25, 0.3) is 11.1 Å². The average Bonchev–Trinajstić information content (AvgIpc) is 3.12. The fourth-order valence-electron chi connectivity index (χ4n) is 6.32. The third-order valence-corrected chi connectivity index (χ3v) is 7.52. The van der Waals surface area contributed by atoms with Crippen LogP contribution in [0.3, 0.4) is 0 Å². The largest absolute Gasteiger partial charge is 0.300 e. The molecule has 2 unspecified atom stereocenters.